The van der Waals surface area contributed by atoms with Crippen molar-refractivity contribution in [3.8, 4) is 0 Å². The van der Waals surface area contributed by atoms with Crippen LogP contribution in [0.25, 0.3) is 0 Å². The van der Waals surface area contributed by atoms with E-state index in [0.717, 1.165) is 19.6 Å². The molecule has 0 unspecified atom stereocenters. The molecule has 0 radical (unpaired) electrons. The van der Waals surface area contributed by atoms with E-state index in [9.17, 15) is 13.2 Å². The maximum atomic E-state index is 11.7. The molecule has 1 aliphatic heterocycles. The lowest BCUT2D eigenvalue weighted by molar-refractivity contribution is -0.174. The van der Waals surface area contributed by atoms with Crippen LogP contribution in [-0.4, -0.2) is 50.5 Å². The van der Waals surface area contributed by atoms with Gasteiger partial charge in [0.25, 0.3) is 0 Å². The van der Waals surface area contributed by atoms with E-state index in [2.05, 4.69) is 9.64 Å². The summed E-state index contributed by atoms with van der Waals surface area (Å²) >= 11 is 0. The molecule has 15 heavy (non-hydrogen) atoms. The van der Waals surface area contributed by atoms with Crippen LogP contribution >= 0.6 is 0 Å². The van der Waals surface area contributed by atoms with E-state index in [1.165, 1.54) is 0 Å². The van der Waals surface area contributed by atoms with Gasteiger partial charge >= 0.3 is 6.18 Å². The molecule has 1 rings (SSSR count). The molecule has 0 atom stereocenters. The summed E-state index contributed by atoms with van der Waals surface area (Å²) in [4.78, 5) is 2.18. The zero-order chi connectivity index (χ0) is 11.3. The second-order valence-corrected chi connectivity index (χ2v) is 3.88. The first-order valence-corrected chi connectivity index (χ1v) is 5.08. The summed E-state index contributed by atoms with van der Waals surface area (Å²) in [7, 11) is 0. The highest BCUT2D eigenvalue weighted by Gasteiger charge is 2.27. The number of halogens is 3. The minimum absolute atomic E-state index is 0.170. The highest BCUT2D eigenvalue weighted by Crippen LogP contribution is 2.15. The summed E-state index contributed by atoms with van der Waals surface area (Å²) in [6, 6.07) is 0. The molecule has 1 fully saturated rings. The molecule has 0 aromatic heterocycles. The van der Waals surface area contributed by atoms with Gasteiger partial charge in [0.2, 0.25) is 0 Å². The van der Waals surface area contributed by atoms with Crippen LogP contribution in [0.5, 0.6) is 0 Å². The van der Waals surface area contributed by atoms with E-state index in [0.29, 0.717) is 18.9 Å². The van der Waals surface area contributed by atoms with Crippen molar-refractivity contribution in [1.82, 2.24) is 4.90 Å². The lowest BCUT2D eigenvalue weighted by Crippen LogP contribution is -2.50. The molecule has 0 aromatic rings. The number of rotatable bonds is 6. The molecule has 0 saturated carbocycles. The van der Waals surface area contributed by atoms with Gasteiger partial charge in [0.15, 0.2) is 0 Å². The highest BCUT2D eigenvalue weighted by atomic mass is 19.4. The SMILES string of the molecule is NCC1CN(CCCOCC(F)(F)F)C1. The third kappa shape index (κ3) is 5.34. The molecule has 1 saturated heterocycles. The van der Waals surface area contributed by atoms with Gasteiger partial charge in [-0.05, 0) is 18.9 Å². The van der Waals surface area contributed by atoms with Gasteiger partial charge < -0.3 is 15.4 Å². The fraction of sp³-hybridized carbons (Fsp3) is 1.00. The number of nitrogens with two attached hydrogens (primary N) is 1. The number of nitrogens with zero attached hydrogens (tertiary/aromatic N) is 1. The van der Waals surface area contributed by atoms with Crippen LogP contribution in [0.2, 0.25) is 0 Å². The van der Waals surface area contributed by atoms with E-state index in [4.69, 9.17) is 5.73 Å². The van der Waals surface area contributed by atoms with Gasteiger partial charge in [0.1, 0.15) is 6.61 Å². The van der Waals surface area contributed by atoms with Crippen molar-refractivity contribution in [2.45, 2.75) is 12.6 Å². The van der Waals surface area contributed by atoms with E-state index >= 15 is 0 Å². The third-order valence-corrected chi connectivity index (χ3v) is 2.39. The van der Waals surface area contributed by atoms with Gasteiger partial charge in [-0.1, -0.05) is 0 Å². The maximum Gasteiger partial charge on any atom is 0.411 e. The first kappa shape index (κ1) is 12.7. The first-order valence-electron chi connectivity index (χ1n) is 5.08. The fourth-order valence-electron chi connectivity index (χ4n) is 1.59. The van der Waals surface area contributed by atoms with E-state index in [1.807, 2.05) is 0 Å². The molecule has 1 heterocycles. The Morgan fingerprint density at radius 2 is 2.00 bits per heavy atom. The van der Waals surface area contributed by atoms with Crippen LogP contribution in [0.3, 0.4) is 0 Å². The molecule has 0 spiro atoms. The van der Waals surface area contributed by atoms with E-state index in [1.54, 1.807) is 0 Å². The summed E-state index contributed by atoms with van der Waals surface area (Å²) in [5.74, 6) is 0.570. The number of alkyl halides is 3. The van der Waals surface area contributed by atoms with Gasteiger partial charge in [0, 0.05) is 26.2 Å². The average molecular weight is 226 g/mol. The minimum atomic E-state index is -4.21. The number of likely N-dealkylation sites (tertiary alicyclic amines) is 1. The normalized spacial score (nSPS) is 19.2. The van der Waals surface area contributed by atoms with Crippen LogP contribution in [0.1, 0.15) is 6.42 Å². The molecule has 0 aliphatic carbocycles. The Kier molecular flexibility index (Phi) is 4.82. The Hall–Kier alpha value is -0.330. The van der Waals surface area contributed by atoms with E-state index < -0.39 is 12.8 Å². The van der Waals surface area contributed by atoms with Gasteiger partial charge in [-0.2, -0.15) is 13.2 Å². The van der Waals surface area contributed by atoms with Crippen molar-refractivity contribution in [2.75, 3.05) is 39.4 Å². The van der Waals surface area contributed by atoms with Gasteiger partial charge in [-0.25, -0.2) is 0 Å². The smallest absolute Gasteiger partial charge is 0.372 e. The quantitative estimate of drug-likeness (QED) is 0.682. The summed E-state index contributed by atoms with van der Waals surface area (Å²) in [5, 5.41) is 0. The zero-order valence-electron chi connectivity index (χ0n) is 8.59. The summed E-state index contributed by atoms with van der Waals surface area (Å²) in [6.07, 6.45) is -3.56. The van der Waals surface area contributed by atoms with Crippen LogP contribution < -0.4 is 5.73 Å². The first-order chi connectivity index (χ1) is 7.01. The number of hydrogen-bond donors (Lipinski definition) is 1. The van der Waals surface area contributed by atoms with Crippen LogP contribution in [0.4, 0.5) is 13.2 Å². The molecule has 2 N–H and O–H groups in total. The molecule has 1 aliphatic rings. The van der Waals surface area contributed by atoms with Gasteiger partial charge in [-0.15, -0.1) is 0 Å². The Balaban J connectivity index is 1.86. The van der Waals surface area contributed by atoms with Gasteiger partial charge in [-0.3, -0.25) is 0 Å². The Morgan fingerprint density at radius 3 is 2.53 bits per heavy atom. The van der Waals surface area contributed by atoms with Crippen LogP contribution in [-0.2, 0) is 4.74 Å². The predicted molar refractivity (Wildman–Crippen MR) is 50.5 cm³/mol. The van der Waals surface area contributed by atoms with Crippen molar-refractivity contribution in [2.24, 2.45) is 11.7 Å². The summed E-state index contributed by atoms with van der Waals surface area (Å²) in [5.41, 5.74) is 5.44. The molecule has 0 aromatic carbocycles. The topological polar surface area (TPSA) is 38.5 Å². The largest absolute Gasteiger partial charge is 0.411 e. The summed E-state index contributed by atoms with van der Waals surface area (Å²) in [6.45, 7) is 2.46. The van der Waals surface area contributed by atoms with Crippen molar-refractivity contribution in [3.05, 3.63) is 0 Å². The lowest BCUT2D eigenvalue weighted by atomic mass is 10.0. The monoisotopic (exact) mass is 226 g/mol. The van der Waals surface area contributed by atoms with Crippen molar-refractivity contribution < 1.29 is 17.9 Å². The highest BCUT2D eigenvalue weighted by molar-refractivity contribution is 4.79. The van der Waals surface area contributed by atoms with Crippen LogP contribution in [0, 0.1) is 5.92 Å². The number of hydrogen-bond acceptors (Lipinski definition) is 3. The average Bonchev–Trinajstić information content (AvgIpc) is 2.05. The lowest BCUT2D eigenvalue weighted by Gasteiger charge is -2.38. The second-order valence-electron chi connectivity index (χ2n) is 3.88. The standard InChI is InChI=1S/C9H17F3N2O/c10-9(11,12)7-15-3-1-2-14-5-8(4-13)6-14/h8H,1-7,13H2. The second kappa shape index (κ2) is 5.67. The molecule has 0 amide bonds. The zero-order valence-corrected chi connectivity index (χ0v) is 8.59. The minimum Gasteiger partial charge on any atom is -0.372 e. The molecule has 0 bridgehead atoms. The maximum absolute atomic E-state index is 11.7. The molecular formula is C9H17F3N2O. The van der Waals surface area contributed by atoms with E-state index in [-0.39, 0.29) is 6.61 Å². The van der Waals surface area contributed by atoms with Crippen molar-refractivity contribution >= 4 is 0 Å². The van der Waals surface area contributed by atoms with Crippen molar-refractivity contribution in [3.63, 3.8) is 0 Å². The Labute approximate surface area is 87.4 Å². The molecule has 6 heteroatoms. The Bertz CT molecular complexity index is 181. The molecule has 90 valence electrons. The molecular weight excluding hydrogens is 209 g/mol. The predicted octanol–water partition coefficient (Wildman–Crippen LogP) is 0.846. The fourth-order valence-corrected chi connectivity index (χ4v) is 1.59. The summed E-state index contributed by atoms with van der Waals surface area (Å²) < 4.78 is 39.5. The molecule has 3 nitrogen and oxygen atoms in total. The van der Waals surface area contributed by atoms with Crippen LogP contribution in [0.15, 0.2) is 0 Å². The van der Waals surface area contributed by atoms with Crippen molar-refractivity contribution in [1.29, 1.82) is 0 Å². The Morgan fingerprint density at radius 1 is 1.33 bits per heavy atom. The number of ether oxygens (including phenoxy) is 1. The van der Waals surface area contributed by atoms with Gasteiger partial charge in [0.05, 0.1) is 0 Å². The third-order valence-electron chi connectivity index (χ3n) is 2.39.